The highest BCUT2D eigenvalue weighted by atomic mass is 35.5. The van der Waals surface area contributed by atoms with Crippen molar-refractivity contribution in [2.45, 2.75) is 4.90 Å². The molecule has 1 amide bonds. The molecule has 176 valence electrons. The smallest absolute Gasteiger partial charge is 0.251 e. The number of rotatable bonds is 8. The van der Waals surface area contributed by atoms with Gasteiger partial charge in [0.1, 0.15) is 6.61 Å². The molecule has 4 rings (SSSR count). The highest BCUT2D eigenvalue weighted by Gasteiger charge is 2.17. The summed E-state index contributed by atoms with van der Waals surface area (Å²) in [5, 5.41) is 15.9. The fraction of sp³-hybridized carbons (Fsp3) is 0.182. The molecule has 2 heterocycles. The SMILES string of the molecule is CN(C)S(=O)(=O)c1ccc(C(=O)NCCOc2ccc3nnc(-c4ccccc4Cl)n3n2)cc1. The van der Waals surface area contributed by atoms with Crippen molar-refractivity contribution >= 4 is 33.2 Å². The second kappa shape index (κ2) is 9.75. The van der Waals surface area contributed by atoms with E-state index in [0.717, 1.165) is 4.31 Å². The molecule has 0 aliphatic carbocycles. The molecule has 34 heavy (non-hydrogen) atoms. The van der Waals surface area contributed by atoms with Crippen LogP contribution in [0.4, 0.5) is 0 Å². The van der Waals surface area contributed by atoms with Crippen LogP contribution in [0, 0.1) is 0 Å². The van der Waals surface area contributed by atoms with Crippen LogP contribution in [0.2, 0.25) is 5.02 Å². The lowest BCUT2D eigenvalue weighted by Crippen LogP contribution is -2.28. The maximum absolute atomic E-state index is 12.3. The third-order valence-electron chi connectivity index (χ3n) is 4.89. The Hall–Kier alpha value is -3.54. The van der Waals surface area contributed by atoms with E-state index in [4.69, 9.17) is 16.3 Å². The van der Waals surface area contributed by atoms with Crippen LogP contribution in [-0.2, 0) is 10.0 Å². The van der Waals surface area contributed by atoms with Gasteiger partial charge in [-0.3, -0.25) is 4.79 Å². The van der Waals surface area contributed by atoms with E-state index in [1.54, 1.807) is 22.7 Å². The van der Waals surface area contributed by atoms with Crippen molar-refractivity contribution in [2.75, 3.05) is 27.2 Å². The lowest BCUT2D eigenvalue weighted by Gasteiger charge is -2.12. The topological polar surface area (TPSA) is 119 Å². The van der Waals surface area contributed by atoms with E-state index in [1.807, 2.05) is 18.2 Å². The first-order valence-corrected chi connectivity index (χ1v) is 12.0. The molecule has 0 aliphatic heterocycles. The fourth-order valence-electron chi connectivity index (χ4n) is 3.07. The first kappa shape index (κ1) is 23.6. The number of amides is 1. The van der Waals surface area contributed by atoms with Crippen LogP contribution in [-0.4, -0.2) is 65.7 Å². The van der Waals surface area contributed by atoms with Gasteiger partial charge in [0, 0.05) is 31.3 Å². The molecule has 0 radical (unpaired) electrons. The van der Waals surface area contributed by atoms with Gasteiger partial charge in [0.05, 0.1) is 16.5 Å². The predicted octanol–water partition coefficient (Wildman–Crippen LogP) is 2.50. The lowest BCUT2D eigenvalue weighted by molar-refractivity contribution is 0.0946. The van der Waals surface area contributed by atoms with Crippen LogP contribution < -0.4 is 10.1 Å². The van der Waals surface area contributed by atoms with Crippen LogP contribution in [0.15, 0.2) is 65.6 Å². The van der Waals surface area contributed by atoms with Gasteiger partial charge in [-0.1, -0.05) is 23.7 Å². The summed E-state index contributed by atoms with van der Waals surface area (Å²) >= 11 is 6.27. The number of sulfonamides is 1. The van der Waals surface area contributed by atoms with Crippen molar-refractivity contribution in [3.8, 4) is 17.3 Å². The van der Waals surface area contributed by atoms with Crippen LogP contribution >= 0.6 is 11.6 Å². The number of benzene rings is 2. The molecule has 12 heteroatoms. The number of nitrogens with zero attached hydrogens (tertiary/aromatic N) is 5. The minimum Gasteiger partial charge on any atom is -0.475 e. The molecular formula is C22H21ClN6O4S. The van der Waals surface area contributed by atoms with Gasteiger partial charge in [0.15, 0.2) is 11.5 Å². The standard InChI is InChI=1S/C22H21ClN6O4S/c1-28(2)34(31,32)16-9-7-15(8-10-16)22(30)24-13-14-33-20-12-11-19-25-26-21(29(19)27-20)17-5-3-4-6-18(17)23/h3-12H,13-14H2,1-2H3,(H,24,30). The number of nitrogens with one attached hydrogen (secondary N) is 1. The second-order valence-electron chi connectivity index (χ2n) is 7.36. The average Bonchev–Trinajstić information content (AvgIpc) is 3.25. The zero-order chi connectivity index (χ0) is 24.3. The Kier molecular flexibility index (Phi) is 6.77. The normalized spacial score (nSPS) is 11.6. The Labute approximate surface area is 201 Å². The molecule has 0 aliphatic rings. The van der Waals surface area contributed by atoms with Gasteiger partial charge in [0.2, 0.25) is 15.9 Å². The average molecular weight is 501 g/mol. The summed E-state index contributed by atoms with van der Waals surface area (Å²) in [4.78, 5) is 12.5. The zero-order valence-corrected chi connectivity index (χ0v) is 19.9. The molecule has 10 nitrogen and oxygen atoms in total. The molecule has 2 aromatic carbocycles. The van der Waals surface area contributed by atoms with Crippen molar-refractivity contribution < 1.29 is 17.9 Å². The fourth-order valence-corrected chi connectivity index (χ4v) is 4.19. The summed E-state index contributed by atoms with van der Waals surface area (Å²) in [5.41, 5.74) is 1.57. The van der Waals surface area contributed by atoms with Crippen molar-refractivity contribution in [3.05, 3.63) is 71.2 Å². The third kappa shape index (κ3) is 4.86. The minimum atomic E-state index is -3.55. The summed E-state index contributed by atoms with van der Waals surface area (Å²) in [6.07, 6.45) is 0. The van der Waals surface area contributed by atoms with E-state index >= 15 is 0 Å². The quantitative estimate of drug-likeness (QED) is 0.369. The largest absolute Gasteiger partial charge is 0.475 e. The third-order valence-corrected chi connectivity index (χ3v) is 7.04. The summed E-state index contributed by atoms with van der Waals surface area (Å²) in [6, 6.07) is 16.4. The Morgan fingerprint density at radius 2 is 1.79 bits per heavy atom. The van der Waals surface area contributed by atoms with E-state index in [9.17, 15) is 13.2 Å². The summed E-state index contributed by atoms with van der Waals surface area (Å²) in [6.45, 7) is 0.386. The number of hydrogen-bond acceptors (Lipinski definition) is 7. The number of carbonyl (C=O) groups excluding carboxylic acids is 1. The van der Waals surface area contributed by atoms with Crippen LogP contribution in [0.25, 0.3) is 17.0 Å². The Bertz CT molecular complexity index is 1440. The van der Waals surface area contributed by atoms with Gasteiger partial charge >= 0.3 is 0 Å². The highest BCUT2D eigenvalue weighted by Crippen LogP contribution is 2.26. The minimum absolute atomic E-state index is 0.115. The number of aromatic nitrogens is 4. The molecule has 0 fully saturated rings. The zero-order valence-electron chi connectivity index (χ0n) is 18.3. The number of fused-ring (bicyclic) bond motifs is 1. The van der Waals surface area contributed by atoms with Crippen LogP contribution in [0.3, 0.4) is 0 Å². The molecule has 0 unspecified atom stereocenters. The van der Waals surface area contributed by atoms with E-state index in [2.05, 4.69) is 20.6 Å². The van der Waals surface area contributed by atoms with E-state index in [-0.39, 0.29) is 24.0 Å². The molecule has 4 aromatic rings. The summed E-state index contributed by atoms with van der Waals surface area (Å²) in [5.74, 6) is 0.466. The Morgan fingerprint density at radius 3 is 2.50 bits per heavy atom. The Balaban J connectivity index is 1.37. The van der Waals surface area contributed by atoms with Crippen molar-refractivity contribution in [1.29, 1.82) is 0 Å². The number of halogens is 1. The predicted molar refractivity (Wildman–Crippen MR) is 126 cm³/mol. The lowest BCUT2D eigenvalue weighted by atomic mass is 10.2. The molecular weight excluding hydrogens is 480 g/mol. The van der Waals surface area contributed by atoms with Crippen LogP contribution in [0.1, 0.15) is 10.4 Å². The van der Waals surface area contributed by atoms with Gasteiger partial charge in [-0.25, -0.2) is 12.7 Å². The maximum atomic E-state index is 12.3. The second-order valence-corrected chi connectivity index (χ2v) is 9.92. The Morgan fingerprint density at radius 1 is 1.06 bits per heavy atom. The summed E-state index contributed by atoms with van der Waals surface area (Å²) < 4.78 is 32.6. The number of hydrogen-bond donors (Lipinski definition) is 1. The molecule has 2 aromatic heterocycles. The van der Waals surface area contributed by atoms with E-state index in [1.165, 1.54) is 38.4 Å². The van der Waals surface area contributed by atoms with Gasteiger partial charge < -0.3 is 10.1 Å². The van der Waals surface area contributed by atoms with Gasteiger partial charge in [0.25, 0.3) is 5.91 Å². The molecule has 0 saturated heterocycles. The van der Waals surface area contributed by atoms with Gasteiger partial charge in [-0.05, 0) is 42.5 Å². The summed E-state index contributed by atoms with van der Waals surface area (Å²) in [7, 11) is -0.653. The van der Waals surface area contributed by atoms with Crippen LogP contribution in [0.5, 0.6) is 5.88 Å². The van der Waals surface area contributed by atoms with Gasteiger partial charge in [-0.2, -0.15) is 4.52 Å². The maximum Gasteiger partial charge on any atom is 0.251 e. The van der Waals surface area contributed by atoms with Gasteiger partial charge in [-0.15, -0.1) is 15.3 Å². The molecule has 0 atom stereocenters. The van der Waals surface area contributed by atoms with E-state index < -0.39 is 10.0 Å². The number of ether oxygens (including phenoxy) is 1. The molecule has 1 N–H and O–H groups in total. The van der Waals surface area contributed by atoms with E-state index in [0.29, 0.717) is 33.5 Å². The monoisotopic (exact) mass is 500 g/mol. The molecule has 0 bridgehead atoms. The number of carbonyl (C=O) groups is 1. The molecule has 0 spiro atoms. The first-order chi connectivity index (χ1) is 16.3. The highest BCUT2D eigenvalue weighted by molar-refractivity contribution is 7.89. The molecule has 0 saturated carbocycles. The van der Waals surface area contributed by atoms with Crippen molar-refractivity contribution in [2.24, 2.45) is 0 Å². The van der Waals surface area contributed by atoms with Crippen molar-refractivity contribution in [3.63, 3.8) is 0 Å². The first-order valence-electron chi connectivity index (χ1n) is 10.2. The van der Waals surface area contributed by atoms with Crippen molar-refractivity contribution in [1.82, 2.24) is 29.4 Å².